The minimum atomic E-state index is 0.717. The number of hydrogen-bond donors (Lipinski definition) is 1. The molecule has 1 aliphatic rings. The van der Waals surface area contributed by atoms with Crippen molar-refractivity contribution in [1.82, 2.24) is 24.9 Å². The average Bonchev–Trinajstić information content (AvgIpc) is 3.38. The maximum absolute atomic E-state index is 5.51. The van der Waals surface area contributed by atoms with Gasteiger partial charge in [-0.3, -0.25) is 4.68 Å². The lowest BCUT2D eigenvalue weighted by atomic mass is 9.95. The van der Waals surface area contributed by atoms with E-state index in [4.69, 9.17) is 14.2 Å². The topological polar surface area (TPSA) is 85.0 Å². The molecule has 0 radical (unpaired) electrons. The van der Waals surface area contributed by atoms with Gasteiger partial charge in [-0.15, -0.1) is 0 Å². The zero-order valence-corrected chi connectivity index (χ0v) is 18.0. The molecular formula is C22H26N6O2. The quantitative estimate of drug-likeness (QED) is 0.559. The normalized spacial score (nSPS) is 14.8. The summed E-state index contributed by atoms with van der Waals surface area (Å²) in [7, 11) is 1.98. The van der Waals surface area contributed by atoms with Crippen molar-refractivity contribution in [3.05, 3.63) is 35.0 Å². The predicted molar refractivity (Wildman–Crippen MR) is 116 cm³/mol. The number of aryl methyl sites for hydroxylation is 4. The first-order valence-corrected chi connectivity index (χ1v) is 10.2. The third kappa shape index (κ3) is 2.90. The van der Waals surface area contributed by atoms with Gasteiger partial charge in [-0.05, 0) is 45.4 Å². The standard InChI is InChI=1S/C22H26N6O2/c1-12-19(14(3)27(5)25-12)17-10-16(20-13(2)26-30-15(20)4)11-18-21(17)24-22(23-18)28-6-8-29-9-7-28/h10-11H,6-9H2,1-5H3,(H,23,24). The number of fused-ring (bicyclic) bond motifs is 1. The van der Waals surface area contributed by atoms with Gasteiger partial charge in [0.1, 0.15) is 5.76 Å². The van der Waals surface area contributed by atoms with E-state index < -0.39 is 0 Å². The van der Waals surface area contributed by atoms with Crippen molar-refractivity contribution in [2.45, 2.75) is 27.7 Å². The van der Waals surface area contributed by atoms with Crippen molar-refractivity contribution >= 4 is 17.0 Å². The van der Waals surface area contributed by atoms with Gasteiger partial charge in [-0.2, -0.15) is 5.10 Å². The first-order valence-electron chi connectivity index (χ1n) is 10.2. The molecule has 0 bridgehead atoms. The fourth-order valence-corrected chi connectivity index (χ4v) is 4.42. The van der Waals surface area contributed by atoms with Crippen LogP contribution in [0.1, 0.15) is 22.8 Å². The summed E-state index contributed by atoms with van der Waals surface area (Å²) in [5.74, 6) is 1.69. The molecule has 1 aliphatic heterocycles. The Labute approximate surface area is 174 Å². The van der Waals surface area contributed by atoms with Crippen LogP contribution in [-0.4, -0.2) is 51.2 Å². The summed E-state index contributed by atoms with van der Waals surface area (Å²) in [6.07, 6.45) is 0. The van der Waals surface area contributed by atoms with Crippen molar-refractivity contribution in [2.75, 3.05) is 31.2 Å². The fourth-order valence-electron chi connectivity index (χ4n) is 4.42. The predicted octanol–water partition coefficient (Wildman–Crippen LogP) is 3.69. The molecule has 1 saturated heterocycles. The Morgan fingerprint density at radius 2 is 1.77 bits per heavy atom. The van der Waals surface area contributed by atoms with Crippen molar-refractivity contribution in [1.29, 1.82) is 0 Å². The summed E-state index contributed by atoms with van der Waals surface area (Å²) in [5.41, 5.74) is 9.21. The number of hydrogen-bond acceptors (Lipinski definition) is 6. The molecule has 0 atom stereocenters. The zero-order valence-electron chi connectivity index (χ0n) is 18.0. The zero-order chi connectivity index (χ0) is 21.0. The molecule has 0 spiro atoms. The van der Waals surface area contributed by atoms with Gasteiger partial charge in [0.15, 0.2) is 0 Å². The van der Waals surface area contributed by atoms with Crippen molar-refractivity contribution in [2.24, 2.45) is 7.05 Å². The lowest BCUT2D eigenvalue weighted by Gasteiger charge is -2.26. The number of rotatable bonds is 3. The lowest BCUT2D eigenvalue weighted by Crippen LogP contribution is -2.36. The van der Waals surface area contributed by atoms with Crippen molar-refractivity contribution in [3.8, 4) is 22.3 Å². The summed E-state index contributed by atoms with van der Waals surface area (Å²) >= 11 is 0. The molecule has 5 rings (SSSR count). The van der Waals surface area contributed by atoms with E-state index in [0.29, 0.717) is 0 Å². The molecule has 3 aromatic heterocycles. The van der Waals surface area contributed by atoms with E-state index in [1.54, 1.807) is 0 Å². The van der Waals surface area contributed by atoms with Gasteiger partial charge in [0.25, 0.3) is 0 Å². The van der Waals surface area contributed by atoms with Crippen LogP contribution in [0.3, 0.4) is 0 Å². The van der Waals surface area contributed by atoms with Crippen LogP contribution >= 0.6 is 0 Å². The lowest BCUT2D eigenvalue weighted by molar-refractivity contribution is 0.122. The molecule has 0 aliphatic carbocycles. The van der Waals surface area contributed by atoms with Crippen LogP contribution in [0.2, 0.25) is 0 Å². The first-order chi connectivity index (χ1) is 14.4. The first kappa shape index (κ1) is 18.9. The summed E-state index contributed by atoms with van der Waals surface area (Å²) in [6.45, 7) is 11.2. The molecule has 0 saturated carbocycles. The maximum atomic E-state index is 5.51. The van der Waals surface area contributed by atoms with Crippen LogP contribution in [0, 0.1) is 27.7 Å². The summed E-state index contributed by atoms with van der Waals surface area (Å²) in [4.78, 5) is 10.8. The Balaban J connectivity index is 1.77. The van der Waals surface area contributed by atoms with Crippen LogP contribution in [-0.2, 0) is 11.8 Å². The average molecular weight is 406 g/mol. The smallest absolute Gasteiger partial charge is 0.204 e. The second-order valence-electron chi connectivity index (χ2n) is 7.95. The van der Waals surface area contributed by atoms with Crippen LogP contribution < -0.4 is 4.90 Å². The fraction of sp³-hybridized carbons (Fsp3) is 0.409. The molecule has 4 heterocycles. The Bertz CT molecular complexity index is 1220. The Morgan fingerprint density at radius 3 is 2.40 bits per heavy atom. The van der Waals surface area contributed by atoms with Gasteiger partial charge < -0.3 is 19.1 Å². The van der Waals surface area contributed by atoms with Gasteiger partial charge in [0.2, 0.25) is 5.95 Å². The number of morpholine rings is 1. The second-order valence-corrected chi connectivity index (χ2v) is 7.95. The van der Waals surface area contributed by atoms with Crippen molar-refractivity contribution in [3.63, 3.8) is 0 Å². The summed E-state index contributed by atoms with van der Waals surface area (Å²) in [5, 5.41) is 8.79. The maximum Gasteiger partial charge on any atom is 0.204 e. The molecule has 8 heteroatoms. The number of ether oxygens (including phenoxy) is 1. The van der Waals surface area contributed by atoms with Gasteiger partial charge >= 0.3 is 0 Å². The number of H-pyrrole nitrogens is 1. The molecule has 1 aromatic carbocycles. The SMILES string of the molecule is Cc1noc(C)c1-c1cc(-c2c(C)nn(C)c2C)c2nc(N3CCOCC3)[nH]c2c1. The van der Waals surface area contributed by atoms with Crippen LogP contribution in [0.4, 0.5) is 5.95 Å². The molecule has 0 unspecified atom stereocenters. The van der Waals surface area contributed by atoms with E-state index in [-0.39, 0.29) is 0 Å². The van der Waals surface area contributed by atoms with Gasteiger partial charge in [-0.25, -0.2) is 4.98 Å². The monoisotopic (exact) mass is 406 g/mol. The second kappa shape index (κ2) is 6.98. The molecular weight excluding hydrogens is 380 g/mol. The van der Waals surface area contributed by atoms with E-state index in [1.807, 2.05) is 32.5 Å². The minimum Gasteiger partial charge on any atom is -0.378 e. The molecule has 1 fully saturated rings. The number of benzene rings is 1. The summed E-state index contributed by atoms with van der Waals surface area (Å²) < 4.78 is 12.9. The molecule has 4 aromatic rings. The number of aromatic amines is 1. The van der Waals surface area contributed by atoms with Crippen LogP contribution in [0.5, 0.6) is 0 Å². The third-order valence-electron chi connectivity index (χ3n) is 5.99. The molecule has 30 heavy (non-hydrogen) atoms. The van der Waals surface area contributed by atoms with Gasteiger partial charge in [-0.1, -0.05) is 5.16 Å². The van der Waals surface area contributed by atoms with E-state index in [2.05, 4.69) is 39.2 Å². The highest BCUT2D eigenvalue weighted by atomic mass is 16.5. The Morgan fingerprint density at radius 1 is 1.00 bits per heavy atom. The highest BCUT2D eigenvalue weighted by molar-refractivity contribution is 5.98. The Hall–Kier alpha value is -3.13. The van der Waals surface area contributed by atoms with E-state index >= 15 is 0 Å². The Kier molecular flexibility index (Phi) is 4.39. The van der Waals surface area contributed by atoms with Gasteiger partial charge in [0.05, 0.1) is 35.6 Å². The number of nitrogens with one attached hydrogen (secondary N) is 1. The minimum absolute atomic E-state index is 0.717. The molecule has 1 N–H and O–H groups in total. The van der Waals surface area contributed by atoms with Crippen LogP contribution in [0.15, 0.2) is 16.7 Å². The van der Waals surface area contributed by atoms with Crippen LogP contribution in [0.25, 0.3) is 33.3 Å². The van der Waals surface area contributed by atoms with E-state index in [1.165, 1.54) is 0 Å². The summed E-state index contributed by atoms with van der Waals surface area (Å²) in [6, 6.07) is 4.33. The highest BCUT2D eigenvalue weighted by Gasteiger charge is 2.22. The number of anilines is 1. The largest absolute Gasteiger partial charge is 0.378 e. The number of nitrogens with zero attached hydrogens (tertiary/aromatic N) is 5. The molecule has 156 valence electrons. The molecule has 0 amide bonds. The van der Waals surface area contributed by atoms with E-state index in [0.717, 1.165) is 88.4 Å². The van der Waals surface area contributed by atoms with Gasteiger partial charge in [0, 0.05) is 42.5 Å². The highest BCUT2D eigenvalue weighted by Crippen LogP contribution is 2.38. The number of aromatic nitrogens is 5. The third-order valence-corrected chi connectivity index (χ3v) is 5.99. The molecule has 8 nitrogen and oxygen atoms in total. The number of imidazole rings is 1. The van der Waals surface area contributed by atoms with E-state index in [9.17, 15) is 0 Å². The van der Waals surface area contributed by atoms with Crippen molar-refractivity contribution < 1.29 is 9.26 Å².